The zero-order chi connectivity index (χ0) is 12.8. The van der Waals surface area contributed by atoms with Crippen LogP contribution in [0.4, 0.5) is 0 Å². The second-order valence-corrected chi connectivity index (χ2v) is 4.65. The first-order valence-corrected chi connectivity index (χ1v) is 6.41. The molecular weight excluding hydrogens is 234 g/mol. The summed E-state index contributed by atoms with van der Waals surface area (Å²) in [5, 5.41) is 7.32. The monoisotopic (exact) mass is 255 g/mol. The number of hydrogen-bond acceptors (Lipinski definition) is 6. The molecule has 1 aliphatic rings. The highest BCUT2D eigenvalue weighted by Crippen LogP contribution is 2.26. The predicted molar refractivity (Wildman–Crippen MR) is 65.5 cm³/mol. The molecule has 2 heterocycles. The first-order valence-electron chi connectivity index (χ1n) is 6.41. The largest absolute Gasteiger partial charge is 0.382 e. The van der Waals surface area contributed by atoms with Gasteiger partial charge in [-0.05, 0) is 12.5 Å². The zero-order valence-corrected chi connectivity index (χ0v) is 11.0. The van der Waals surface area contributed by atoms with E-state index in [0.29, 0.717) is 38.1 Å². The third-order valence-electron chi connectivity index (χ3n) is 3.22. The number of hydrogen-bond donors (Lipinski definition) is 1. The summed E-state index contributed by atoms with van der Waals surface area (Å²) in [6, 6.07) is 0. The molecule has 6 nitrogen and oxygen atoms in total. The quantitative estimate of drug-likeness (QED) is 0.719. The fourth-order valence-electron chi connectivity index (χ4n) is 2.07. The summed E-state index contributed by atoms with van der Waals surface area (Å²) >= 11 is 0. The molecule has 0 spiro atoms. The van der Waals surface area contributed by atoms with E-state index in [1.165, 1.54) is 0 Å². The van der Waals surface area contributed by atoms with Gasteiger partial charge in [0.2, 0.25) is 5.89 Å². The van der Waals surface area contributed by atoms with E-state index in [0.717, 1.165) is 24.8 Å². The van der Waals surface area contributed by atoms with Gasteiger partial charge >= 0.3 is 0 Å². The van der Waals surface area contributed by atoms with E-state index < -0.39 is 0 Å². The number of methoxy groups -OCH3 is 1. The van der Waals surface area contributed by atoms with Gasteiger partial charge in [-0.3, -0.25) is 0 Å². The van der Waals surface area contributed by atoms with Crippen molar-refractivity contribution >= 4 is 0 Å². The van der Waals surface area contributed by atoms with Crippen molar-refractivity contribution in [3.05, 3.63) is 11.7 Å². The Morgan fingerprint density at radius 1 is 1.33 bits per heavy atom. The van der Waals surface area contributed by atoms with E-state index in [-0.39, 0.29) is 0 Å². The van der Waals surface area contributed by atoms with Gasteiger partial charge < -0.3 is 19.3 Å². The average Bonchev–Trinajstić information content (AvgIpc) is 2.97. The number of nitrogens with zero attached hydrogens (tertiary/aromatic N) is 2. The summed E-state index contributed by atoms with van der Waals surface area (Å²) < 4.78 is 15.6. The van der Waals surface area contributed by atoms with Gasteiger partial charge in [0.1, 0.15) is 0 Å². The minimum absolute atomic E-state index is 0.348. The summed E-state index contributed by atoms with van der Waals surface area (Å²) in [6.07, 6.45) is 0.682. The van der Waals surface area contributed by atoms with Crippen molar-refractivity contribution in [3.63, 3.8) is 0 Å². The number of aromatic nitrogens is 2. The highest BCUT2D eigenvalue weighted by Gasteiger charge is 2.29. The highest BCUT2D eigenvalue weighted by molar-refractivity contribution is 5.00. The summed E-state index contributed by atoms with van der Waals surface area (Å²) in [7, 11) is 1.66. The third kappa shape index (κ3) is 3.51. The van der Waals surface area contributed by atoms with Crippen LogP contribution in [0.1, 0.15) is 24.6 Å². The van der Waals surface area contributed by atoms with Gasteiger partial charge in [-0.15, -0.1) is 0 Å². The Labute approximate surface area is 107 Å². The Bertz CT molecular complexity index is 356. The second-order valence-electron chi connectivity index (χ2n) is 4.65. The third-order valence-corrected chi connectivity index (χ3v) is 3.22. The molecule has 0 bridgehead atoms. The van der Waals surface area contributed by atoms with Crippen molar-refractivity contribution < 1.29 is 14.0 Å². The Hall–Kier alpha value is -0.980. The topological polar surface area (TPSA) is 69.4 Å². The van der Waals surface area contributed by atoms with Crippen LogP contribution in [0.5, 0.6) is 0 Å². The zero-order valence-electron chi connectivity index (χ0n) is 11.0. The molecule has 0 saturated carbocycles. The van der Waals surface area contributed by atoms with Crippen LogP contribution in [0.3, 0.4) is 0 Å². The molecule has 0 aliphatic carbocycles. The Balaban J connectivity index is 1.75. The van der Waals surface area contributed by atoms with Crippen molar-refractivity contribution in [2.75, 3.05) is 40.0 Å². The van der Waals surface area contributed by atoms with Crippen molar-refractivity contribution in [2.45, 2.75) is 19.3 Å². The summed E-state index contributed by atoms with van der Waals surface area (Å²) in [4.78, 5) is 4.43. The molecule has 2 rings (SSSR count). The van der Waals surface area contributed by atoms with Crippen LogP contribution in [0.2, 0.25) is 0 Å². The number of nitrogens with one attached hydrogen (secondary N) is 1. The van der Waals surface area contributed by atoms with Crippen LogP contribution in [0.15, 0.2) is 4.52 Å². The van der Waals surface area contributed by atoms with Gasteiger partial charge in [-0.25, -0.2) is 0 Å². The fraction of sp³-hybridized carbons (Fsp3) is 0.833. The second kappa shape index (κ2) is 6.82. The molecule has 1 aromatic rings. The lowest BCUT2D eigenvalue weighted by molar-refractivity contribution is 0.0714. The molecule has 1 aliphatic heterocycles. The molecule has 0 amide bonds. The lowest BCUT2D eigenvalue weighted by Crippen LogP contribution is -2.09. The van der Waals surface area contributed by atoms with Crippen LogP contribution < -0.4 is 5.32 Å². The summed E-state index contributed by atoms with van der Waals surface area (Å²) in [5.74, 6) is 2.37. The maximum atomic E-state index is 5.37. The molecule has 1 aromatic heterocycles. The fourth-order valence-corrected chi connectivity index (χ4v) is 2.07. The first-order chi connectivity index (χ1) is 8.81. The molecule has 6 heteroatoms. The van der Waals surface area contributed by atoms with Crippen LogP contribution >= 0.6 is 0 Å². The van der Waals surface area contributed by atoms with Crippen LogP contribution in [-0.2, 0) is 15.9 Å². The normalized spacial score (nSPS) is 23.7. The smallest absolute Gasteiger partial charge is 0.231 e. The van der Waals surface area contributed by atoms with Gasteiger partial charge in [0.05, 0.1) is 25.7 Å². The van der Waals surface area contributed by atoms with Gasteiger partial charge in [-0.1, -0.05) is 12.1 Å². The molecular formula is C12H21N3O3. The Morgan fingerprint density at radius 3 is 2.94 bits per heavy atom. The summed E-state index contributed by atoms with van der Waals surface area (Å²) in [5.41, 5.74) is 0. The Kier molecular flexibility index (Phi) is 5.10. The molecule has 0 aromatic carbocycles. The van der Waals surface area contributed by atoms with Gasteiger partial charge in [0, 0.05) is 20.1 Å². The number of rotatable bonds is 7. The molecule has 0 radical (unpaired) electrons. The molecule has 0 unspecified atom stereocenters. The van der Waals surface area contributed by atoms with Crippen LogP contribution in [0, 0.1) is 5.92 Å². The van der Waals surface area contributed by atoms with Crippen molar-refractivity contribution in [1.82, 2.24) is 15.5 Å². The minimum Gasteiger partial charge on any atom is -0.382 e. The van der Waals surface area contributed by atoms with Crippen molar-refractivity contribution in [2.24, 2.45) is 5.92 Å². The van der Waals surface area contributed by atoms with E-state index >= 15 is 0 Å². The van der Waals surface area contributed by atoms with Crippen LogP contribution in [0.25, 0.3) is 0 Å². The van der Waals surface area contributed by atoms with Crippen molar-refractivity contribution in [1.29, 1.82) is 0 Å². The molecule has 1 N–H and O–H groups in total. The van der Waals surface area contributed by atoms with E-state index in [2.05, 4.69) is 22.4 Å². The van der Waals surface area contributed by atoms with E-state index in [4.69, 9.17) is 14.0 Å². The molecule has 1 fully saturated rings. The van der Waals surface area contributed by atoms with E-state index in [1.54, 1.807) is 7.11 Å². The van der Waals surface area contributed by atoms with E-state index in [9.17, 15) is 0 Å². The molecule has 2 atom stereocenters. The van der Waals surface area contributed by atoms with E-state index in [1.807, 2.05) is 0 Å². The highest BCUT2D eigenvalue weighted by atomic mass is 16.5. The van der Waals surface area contributed by atoms with Gasteiger partial charge in [0.25, 0.3) is 0 Å². The SMILES string of the molecule is COCCOCCc1noc([C@@H]2CNC[C@H]2C)n1. The lowest BCUT2D eigenvalue weighted by Gasteiger charge is -2.07. The molecule has 1 saturated heterocycles. The summed E-state index contributed by atoms with van der Waals surface area (Å²) in [6.45, 7) is 5.95. The minimum atomic E-state index is 0.348. The predicted octanol–water partition coefficient (Wildman–Crippen LogP) is 0.598. The number of ether oxygens (including phenoxy) is 2. The lowest BCUT2D eigenvalue weighted by atomic mass is 9.98. The van der Waals surface area contributed by atoms with Crippen molar-refractivity contribution in [3.8, 4) is 0 Å². The maximum absolute atomic E-state index is 5.37. The standard InChI is InChI=1S/C12H21N3O3/c1-9-7-13-8-10(9)12-14-11(15-18-12)3-4-17-6-5-16-2/h9-10,13H,3-8H2,1-2H3/t9-,10-/m1/s1. The average molecular weight is 255 g/mol. The maximum Gasteiger partial charge on any atom is 0.231 e. The molecule has 102 valence electrons. The first kappa shape index (κ1) is 13.5. The Morgan fingerprint density at radius 2 is 2.22 bits per heavy atom. The van der Waals surface area contributed by atoms with Gasteiger partial charge in [-0.2, -0.15) is 4.98 Å². The van der Waals surface area contributed by atoms with Crippen LogP contribution in [-0.4, -0.2) is 50.2 Å². The molecule has 18 heavy (non-hydrogen) atoms. The van der Waals surface area contributed by atoms with Gasteiger partial charge in [0.15, 0.2) is 5.82 Å².